The summed E-state index contributed by atoms with van der Waals surface area (Å²) in [4.78, 5) is 59.7. The van der Waals surface area contributed by atoms with Gasteiger partial charge < -0.3 is 37.6 Å². The Labute approximate surface area is 434 Å². The molecule has 14 heteroatoms. The van der Waals surface area contributed by atoms with E-state index in [1.54, 1.807) is 19.1 Å². The van der Waals surface area contributed by atoms with Gasteiger partial charge in [-0.15, -0.1) is 0 Å². The van der Waals surface area contributed by atoms with E-state index in [0.717, 1.165) is 124 Å². The number of benzene rings is 2. The Morgan fingerprint density at radius 2 is 1.00 bits per heavy atom. The summed E-state index contributed by atoms with van der Waals surface area (Å²) in [6.07, 6.45) is 16.6. The monoisotopic (exact) mass is 1010 g/mol. The third-order valence-corrected chi connectivity index (χ3v) is 17.5. The van der Waals surface area contributed by atoms with Crippen molar-refractivity contribution < 1.29 is 37.9 Å². The highest BCUT2D eigenvalue weighted by molar-refractivity contribution is 6.00. The minimum atomic E-state index is -1.05. The highest BCUT2D eigenvalue weighted by atomic mass is 16.5. The van der Waals surface area contributed by atoms with E-state index in [9.17, 15) is 24.3 Å². The third kappa shape index (κ3) is 10.2. The first-order chi connectivity index (χ1) is 36.0. The lowest BCUT2D eigenvalue weighted by Gasteiger charge is -2.33. The number of hydrogen-bond acceptors (Lipinski definition) is 9. The molecular weight excluding hydrogens is 933 g/mol. The van der Waals surface area contributed by atoms with Gasteiger partial charge in [0, 0.05) is 122 Å². The molecule has 6 aromatic rings. The van der Waals surface area contributed by atoms with Crippen molar-refractivity contribution in [2.24, 2.45) is 11.8 Å². The Kier molecular flexibility index (Phi) is 14.6. The molecule has 2 amide bonds. The molecule has 12 rings (SSSR count). The highest BCUT2D eigenvalue weighted by Gasteiger charge is 2.33. The van der Waals surface area contributed by atoms with E-state index in [1.165, 1.54) is 85.3 Å². The number of carbonyl (C=O) groups is 4. The van der Waals surface area contributed by atoms with Crippen LogP contribution in [0.25, 0.3) is 21.8 Å². The summed E-state index contributed by atoms with van der Waals surface area (Å²) in [5.74, 6) is 1.73. The lowest BCUT2D eigenvalue weighted by Crippen LogP contribution is -2.38. The van der Waals surface area contributed by atoms with Crippen molar-refractivity contribution in [3.8, 4) is 0 Å². The molecular formula is C60H74N6O8. The van der Waals surface area contributed by atoms with Gasteiger partial charge >= 0.3 is 11.9 Å². The van der Waals surface area contributed by atoms with Crippen LogP contribution in [0, 0.1) is 11.8 Å². The Hall–Kier alpha value is -6.12. The molecule has 0 spiro atoms. The molecule has 2 aromatic carbocycles. The summed E-state index contributed by atoms with van der Waals surface area (Å²) in [5, 5.41) is 11.6. The molecule has 0 atom stereocenters. The Morgan fingerprint density at radius 3 is 1.42 bits per heavy atom. The number of amides is 2. The first-order valence-electron chi connectivity index (χ1n) is 27.9. The molecule has 0 radical (unpaired) electrons. The van der Waals surface area contributed by atoms with Crippen LogP contribution in [-0.4, -0.2) is 116 Å². The van der Waals surface area contributed by atoms with Gasteiger partial charge in [0.15, 0.2) is 0 Å². The number of nitrogens with zero attached hydrogens (tertiary/aromatic N) is 6. The molecule has 6 aliphatic rings. The number of hydrogen-bond donors (Lipinski definition) is 1. The van der Waals surface area contributed by atoms with Crippen molar-refractivity contribution in [1.82, 2.24) is 28.7 Å². The molecule has 2 aliphatic carbocycles. The number of aromatic nitrogens is 2. The lowest BCUT2D eigenvalue weighted by molar-refractivity contribution is 0.0487. The highest BCUT2D eigenvalue weighted by Crippen LogP contribution is 2.38. The summed E-state index contributed by atoms with van der Waals surface area (Å²) >= 11 is 0. The average Bonchev–Trinajstić information content (AvgIpc) is 4.31. The number of carbonyl (C=O) groups excluding carboxylic acids is 3. The van der Waals surface area contributed by atoms with Crippen LogP contribution in [0.3, 0.4) is 0 Å². The maximum atomic E-state index is 13.5. The standard InChI is InChI=1S/C31H39N3O4.C29H35N3O4/c1-3-37-31(36)29-11-9-24(38-29)19-34-27-10-8-22(30(35)32-15-12-21(2)13-16-32)18-25(27)26-20-33(17-14-28(26)34)23-6-4-5-7-23;1-19-10-13-30(14-11-19)28(33)20-6-8-25-23(16-20)24-18-31(21-4-2-3-5-21)15-12-26(24)32(25)17-22-7-9-27(36-22)29(34)35/h8-11,18,21,23H,3-7,12-17,19-20H2,1-2H3;6-9,16,19,21H,2-5,10-15,17-18H2,1H3,(H,34,35). The van der Waals surface area contributed by atoms with E-state index in [0.29, 0.717) is 49.4 Å². The van der Waals surface area contributed by atoms with Crippen LogP contribution in [0.1, 0.15) is 174 Å². The Morgan fingerprint density at radius 1 is 0.568 bits per heavy atom. The molecule has 4 fully saturated rings. The maximum Gasteiger partial charge on any atom is 0.374 e. The number of rotatable bonds is 11. The third-order valence-electron chi connectivity index (χ3n) is 17.5. The SMILES string of the molecule is CC1CCN(C(=O)c2ccc3c(c2)c2c(n3Cc3ccc(C(=O)O)o3)CCN(C3CCCC3)C2)CC1.CCOC(=O)c1ccc(Cn2c3c(c4cc(C(=O)N5CCC(C)CC5)ccc42)CN(C2CCCC2)CC3)o1. The van der Waals surface area contributed by atoms with Gasteiger partial charge in [0.2, 0.25) is 11.5 Å². The van der Waals surface area contributed by atoms with E-state index in [-0.39, 0.29) is 23.3 Å². The number of furan rings is 2. The summed E-state index contributed by atoms with van der Waals surface area (Å²) in [5.41, 5.74) is 9.02. The molecule has 4 aromatic heterocycles. The minimum Gasteiger partial charge on any atom is -0.475 e. The summed E-state index contributed by atoms with van der Waals surface area (Å²) in [6, 6.07) is 20.5. The van der Waals surface area contributed by atoms with Crippen LogP contribution in [-0.2, 0) is 43.8 Å². The predicted molar refractivity (Wildman–Crippen MR) is 284 cm³/mol. The van der Waals surface area contributed by atoms with Crippen LogP contribution in [0.4, 0.5) is 0 Å². The van der Waals surface area contributed by atoms with Crippen LogP contribution >= 0.6 is 0 Å². The van der Waals surface area contributed by atoms with Gasteiger partial charge in [0.05, 0.1) is 19.7 Å². The number of esters is 1. The molecule has 2 saturated heterocycles. The fraction of sp³-hybridized carbons (Fsp3) is 0.533. The number of carboxylic acid groups (broad SMARTS) is 1. The second kappa shape index (κ2) is 21.6. The summed E-state index contributed by atoms with van der Waals surface area (Å²) in [7, 11) is 0. The molecule has 2 saturated carbocycles. The minimum absolute atomic E-state index is 0.0357. The van der Waals surface area contributed by atoms with Crippen molar-refractivity contribution in [1.29, 1.82) is 0 Å². The average molecular weight is 1010 g/mol. The van der Waals surface area contributed by atoms with E-state index in [1.807, 2.05) is 28.0 Å². The van der Waals surface area contributed by atoms with Gasteiger partial charge in [-0.2, -0.15) is 0 Å². The largest absolute Gasteiger partial charge is 0.475 e. The Balaban J connectivity index is 0.000000159. The molecule has 0 unspecified atom stereocenters. The topological polar surface area (TPSA) is 147 Å². The molecule has 1 N–H and O–H groups in total. The number of piperidine rings is 2. The molecule has 0 bridgehead atoms. The predicted octanol–water partition coefficient (Wildman–Crippen LogP) is 10.8. The zero-order chi connectivity index (χ0) is 51.0. The molecule has 8 heterocycles. The van der Waals surface area contributed by atoms with Gasteiger partial charge in [-0.05, 0) is 142 Å². The molecule has 74 heavy (non-hydrogen) atoms. The molecule has 392 valence electrons. The zero-order valence-corrected chi connectivity index (χ0v) is 43.7. The second-order valence-corrected chi connectivity index (χ2v) is 22.3. The van der Waals surface area contributed by atoms with Crippen LogP contribution < -0.4 is 0 Å². The van der Waals surface area contributed by atoms with E-state index < -0.39 is 11.9 Å². The maximum absolute atomic E-state index is 13.5. The van der Waals surface area contributed by atoms with Crippen molar-refractivity contribution in [3.63, 3.8) is 0 Å². The first-order valence-corrected chi connectivity index (χ1v) is 27.9. The van der Waals surface area contributed by atoms with E-state index in [4.69, 9.17) is 13.6 Å². The normalized spacial score (nSPS) is 19.5. The number of fused-ring (bicyclic) bond motifs is 6. The van der Waals surface area contributed by atoms with Crippen LogP contribution in [0.2, 0.25) is 0 Å². The number of likely N-dealkylation sites (tertiary alicyclic amines) is 2. The molecule has 4 aliphatic heterocycles. The summed E-state index contributed by atoms with van der Waals surface area (Å²) < 4.78 is 21.2. The quantitative estimate of drug-likeness (QED) is 0.124. The number of aromatic carboxylic acids is 1. The molecule has 14 nitrogen and oxygen atoms in total. The van der Waals surface area contributed by atoms with Crippen LogP contribution in [0.5, 0.6) is 0 Å². The second-order valence-electron chi connectivity index (χ2n) is 22.3. The van der Waals surface area contributed by atoms with Crippen molar-refractivity contribution in [2.45, 2.75) is 149 Å². The smallest absolute Gasteiger partial charge is 0.374 e. The van der Waals surface area contributed by atoms with Gasteiger partial charge in [0.1, 0.15) is 11.5 Å². The first kappa shape index (κ1) is 50.1. The van der Waals surface area contributed by atoms with Gasteiger partial charge in [-0.3, -0.25) is 19.4 Å². The van der Waals surface area contributed by atoms with Gasteiger partial charge in [-0.1, -0.05) is 39.5 Å². The zero-order valence-electron chi connectivity index (χ0n) is 43.7. The Bertz CT molecular complexity index is 3020. The van der Waals surface area contributed by atoms with Crippen molar-refractivity contribution >= 4 is 45.6 Å². The van der Waals surface area contributed by atoms with Gasteiger partial charge in [-0.25, -0.2) is 9.59 Å². The lowest BCUT2D eigenvalue weighted by atomic mass is 9.98. The van der Waals surface area contributed by atoms with E-state index >= 15 is 0 Å². The van der Waals surface area contributed by atoms with Crippen molar-refractivity contribution in [3.05, 3.63) is 117 Å². The number of carboxylic acids is 1. The number of ether oxygens (including phenoxy) is 1. The van der Waals surface area contributed by atoms with E-state index in [2.05, 4.69) is 57.0 Å². The summed E-state index contributed by atoms with van der Waals surface area (Å²) in [6.45, 7) is 14.9. The fourth-order valence-corrected chi connectivity index (χ4v) is 13.2. The van der Waals surface area contributed by atoms with Crippen LogP contribution in [0.15, 0.2) is 69.5 Å². The van der Waals surface area contributed by atoms with Gasteiger partial charge in [0.25, 0.3) is 11.8 Å². The van der Waals surface area contributed by atoms with Crippen molar-refractivity contribution in [2.75, 3.05) is 45.9 Å². The fourth-order valence-electron chi connectivity index (χ4n) is 13.2.